The summed E-state index contributed by atoms with van der Waals surface area (Å²) in [6, 6.07) is 18.0. The number of benzene rings is 2. The monoisotopic (exact) mass is 254 g/mol. The summed E-state index contributed by atoms with van der Waals surface area (Å²) >= 11 is 0. The fourth-order valence-corrected chi connectivity index (χ4v) is 1.74. The predicted octanol–water partition coefficient (Wildman–Crippen LogP) is 2.83. The molecule has 0 fully saturated rings. The summed E-state index contributed by atoms with van der Waals surface area (Å²) < 4.78 is 5.17. The summed E-state index contributed by atoms with van der Waals surface area (Å²) in [5.74, 6) is -0.836. The molecule has 3 heteroatoms. The molecule has 0 N–H and O–H groups in total. The standard InChI is InChI=1S/C16H14O3/c17-11-15(13-7-3-1-4-8-13)12-19-16(18)14-9-5-2-6-10-14/h1-11,15H,12H2. The van der Waals surface area contributed by atoms with Crippen molar-refractivity contribution >= 4 is 12.3 Å². The molecule has 0 aliphatic heterocycles. The van der Waals surface area contributed by atoms with E-state index in [0.717, 1.165) is 11.8 Å². The number of rotatable bonds is 5. The Balaban J connectivity index is 1.98. The number of aldehydes is 1. The van der Waals surface area contributed by atoms with Gasteiger partial charge in [-0.2, -0.15) is 0 Å². The van der Waals surface area contributed by atoms with Gasteiger partial charge < -0.3 is 9.53 Å². The van der Waals surface area contributed by atoms with Crippen LogP contribution in [-0.2, 0) is 9.53 Å². The lowest BCUT2D eigenvalue weighted by molar-refractivity contribution is -0.109. The molecule has 3 nitrogen and oxygen atoms in total. The van der Waals surface area contributed by atoms with Crippen LogP contribution < -0.4 is 0 Å². The van der Waals surface area contributed by atoms with Crippen LogP contribution in [0, 0.1) is 0 Å². The van der Waals surface area contributed by atoms with Crippen molar-refractivity contribution in [1.82, 2.24) is 0 Å². The van der Waals surface area contributed by atoms with Crippen molar-refractivity contribution in [3.63, 3.8) is 0 Å². The van der Waals surface area contributed by atoms with Gasteiger partial charge in [-0.3, -0.25) is 0 Å². The minimum atomic E-state index is -0.422. The Morgan fingerprint density at radius 1 is 1.00 bits per heavy atom. The normalized spacial score (nSPS) is 11.6. The Morgan fingerprint density at radius 2 is 1.58 bits per heavy atom. The molecule has 1 unspecified atom stereocenters. The first kappa shape index (κ1) is 13.0. The van der Waals surface area contributed by atoms with Gasteiger partial charge in [0.25, 0.3) is 0 Å². The van der Waals surface area contributed by atoms with Crippen LogP contribution in [0.3, 0.4) is 0 Å². The zero-order valence-electron chi connectivity index (χ0n) is 10.4. The van der Waals surface area contributed by atoms with Gasteiger partial charge in [0.05, 0.1) is 11.5 Å². The minimum absolute atomic E-state index is 0.0568. The van der Waals surface area contributed by atoms with E-state index < -0.39 is 11.9 Å². The van der Waals surface area contributed by atoms with E-state index in [1.807, 2.05) is 36.4 Å². The van der Waals surface area contributed by atoms with Gasteiger partial charge in [-0.1, -0.05) is 48.5 Å². The van der Waals surface area contributed by atoms with Gasteiger partial charge in [0.15, 0.2) is 0 Å². The molecule has 2 rings (SSSR count). The molecule has 2 aromatic rings. The van der Waals surface area contributed by atoms with E-state index in [2.05, 4.69) is 0 Å². The Kier molecular flexibility index (Phi) is 4.45. The lowest BCUT2D eigenvalue weighted by Crippen LogP contribution is -2.14. The van der Waals surface area contributed by atoms with E-state index >= 15 is 0 Å². The van der Waals surface area contributed by atoms with E-state index in [1.54, 1.807) is 24.3 Å². The van der Waals surface area contributed by atoms with E-state index in [9.17, 15) is 9.59 Å². The average molecular weight is 254 g/mol. The fraction of sp³-hybridized carbons (Fsp3) is 0.125. The van der Waals surface area contributed by atoms with Crippen molar-refractivity contribution in [2.45, 2.75) is 5.92 Å². The number of esters is 1. The van der Waals surface area contributed by atoms with Crippen LogP contribution in [0.5, 0.6) is 0 Å². The lowest BCUT2D eigenvalue weighted by Gasteiger charge is -2.11. The first-order valence-electron chi connectivity index (χ1n) is 6.03. The van der Waals surface area contributed by atoms with Crippen molar-refractivity contribution in [3.05, 3.63) is 71.8 Å². The molecule has 2 aromatic carbocycles. The molecule has 0 aliphatic rings. The van der Waals surface area contributed by atoms with Gasteiger partial charge in [0.2, 0.25) is 0 Å². The maximum atomic E-state index is 11.8. The number of carbonyl (C=O) groups is 2. The first-order valence-corrected chi connectivity index (χ1v) is 6.03. The third-order valence-corrected chi connectivity index (χ3v) is 2.80. The fourth-order valence-electron chi connectivity index (χ4n) is 1.74. The Hall–Kier alpha value is -2.42. The topological polar surface area (TPSA) is 43.4 Å². The van der Waals surface area contributed by atoms with Crippen molar-refractivity contribution in [2.24, 2.45) is 0 Å². The summed E-state index contributed by atoms with van der Waals surface area (Å²) in [5, 5.41) is 0. The van der Waals surface area contributed by atoms with Crippen LogP contribution in [0.2, 0.25) is 0 Å². The highest BCUT2D eigenvalue weighted by Gasteiger charge is 2.14. The number of carbonyl (C=O) groups excluding carboxylic acids is 2. The van der Waals surface area contributed by atoms with Crippen molar-refractivity contribution in [2.75, 3.05) is 6.61 Å². The van der Waals surface area contributed by atoms with Gasteiger partial charge in [0.1, 0.15) is 12.9 Å². The highest BCUT2D eigenvalue weighted by atomic mass is 16.5. The number of ether oxygens (including phenoxy) is 1. The van der Waals surface area contributed by atoms with Crippen LogP contribution in [-0.4, -0.2) is 18.9 Å². The summed E-state index contributed by atoms with van der Waals surface area (Å²) in [5.41, 5.74) is 1.33. The Bertz CT molecular complexity index is 534. The highest BCUT2D eigenvalue weighted by molar-refractivity contribution is 5.89. The second kappa shape index (κ2) is 6.50. The van der Waals surface area contributed by atoms with Crippen molar-refractivity contribution in [1.29, 1.82) is 0 Å². The zero-order valence-corrected chi connectivity index (χ0v) is 10.4. The maximum Gasteiger partial charge on any atom is 0.338 e. The van der Waals surface area contributed by atoms with Crippen LogP contribution in [0.25, 0.3) is 0 Å². The maximum absolute atomic E-state index is 11.8. The molecule has 0 saturated carbocycles. The van der Waals surface area contributed by atoms with Gasteiger partial charge >= 0.3 is 5.97 Å². The largest absolute Gasteiger partial charge is 0.461 e. The SMILES string of the molecule is O=CC(COC(=O)c1ccccc1)c1ccccc1. The molecule has 0 heterocycles. The van der Waals surface area contributed by atoms with Crippen molar-refractivity contribution < 1.29 is 14.3 Å². The smallest absolute Gasteiger partial charge is 0.338 e. The molecular weight excluding hydrogens is 240 g/mol. The van der Waals surface area contributed by atoms with Crippen LogP contribution in [0.15, 0.2) is 60.7 Å². The number of hydrogen-bond donors (Lipinski definition) is 0. The third-order valence-electron chi connectivity index (χ3n) is 2.80. The molecule has 0 spiro atoms. The molecule has 0 bridgehead atoms. The minimum Gasteiger partial charge on any atom is -0.461 e. The van der Waals surface area contributed by atoms with E-state index in [-0.39, 0.29) is 6.61 Å². The second-order valence-corrected chi connectivity index (χ2v) is 4.12. The van der Waals surface area contributed by atoms with Crippen LogP contribution in [0.4, 0.5) is 0 Å². The van der Waals surface area contributed by atoms with E-state index in [4.69, 9.17) is 4.74 Å². The molecular formula is C16H14O3. The molecule has 0 aromatic heterocycles. The second-order valence-electron chi connectivity index (χ2n) is 4.12. The van der Waals surface area contributed by atoms with E-state index in [0.29, 0.717) is 5.56 Å². The average Bonchev–Trinajstić information content (AvgIpc) is 2.49. The number of hydrogen-bond acceptors (Lipinski definition) is 3. The first-order chi connectivity index (χ1) is 9.31. The summed E-state index contributed by atoms with van der Waals surface area (Å²) in [4.78, 5) is 22.8. The quantitative estimate of drug-likeness (QED) is 0.608. The van der Waals surface area contributed by atoms with Crippen LogP contribution in [0.1, 0.15) is 21.8 Å². The molecule has 0 radical (unpaired) electrons. The Labute approximate surface area is 111 Å². The third kappa shape index (κ3) is 3.52. The van der Waals surface area contributed by atoms with Gasteiger partial charge in [-0.05, 0) is 17.7 Å². The highest BCUT2D eigenvalue weighted by Crippen LogP contribution is 2.14. The van der Waals surface area contributed by atoms with Gasteiger partial charge in [-0.15, -0.1) is 0 Å². The van der Waals surface area contributed by atoms with E-state index in [1.165, 1.54) is 0 Å². The summed E-state index contributed by atoms with van der Waals surface area (Å²) in [6.07, 6.45) is 0.799. The van der Waals surface area contributed by atoms with Crippen LogP contribution >= 0.6 is 0 Å². The Morgan fingerprint density at radius 3 is 2.16 bits per heavy atom. The molecule has 0 amide bonds. The molecule has 1 atom stereocenters. The predicted molar refractivity (Wildman–Crippen MR) is 72.0 cm³/mol. The van der Waals surface area contributed by atoms with Gasteiger partial charge in [-0.25, -0.2) is 4.79 Å². The zero-order chi connectivity index (χ0) is 13.5. The molecule has 96 valence electrons. The summed E-state index contributed by atoms with van der Waals surface area (Å²) in [6.45, 7) is 0.0568. The summed E-state index contributed by atoms with van der Waals surface area (Å²) in [7, 11) is 0. The lowest BCUT2D eigenvalue weighted by atomic mass is 10.0. The molecule has 19 heavy (non-hydrogen) atoms. The van der Waals surface area contributed by atoms with Crippen molar-refractivity contribution in [3.8, 4) is 0 Å². The molecule has 0 saturated heterocycles. The van der Waals surface area contributed by atoms with Gasteiger partial charge in [0, 0.05) is 0 Å². The molecule has 0 aliphatic carbocycles.